The first-order valence-corrected chi connectivity index (χ1v) is 15.1. The molecular weight excluding hydrogens is 516 g/mol. The van der Waals surface area contributed by atoms with Crippen LogP contribution in [-0.2, 0) is 9.59 Å². The van der Waals surface area contributed by atoms with Crippen LogP contribution < -0.4 is 14.2 Å². The lowest BCUT2D eigenvalue weighted by Crippen LogP contribution is -2.10. The largest absolute Gasteiger partial charge is 0.427 e. The smallest absolute Gasteiger partial charge is 0.343 e. The Morgan fingerprint density at radius 3 is 1.24 bits per heavy atom. The maximum atomic E-state index is 12.5. The first-order valence-electron chi connectivity index (χ1n) is 15.1. The molecule has 0 radical (unpaired) electrons. The van der Waals surface area contributed by atoms with E-state index in [1.807, 2.05) is 12.2 Å². The molecule has 6 heteroatoms. The van der Waals surface area contributed by atoms with E-state index >= 15 is 0 Å². The Hall–Kier alpha value is -3.67. The van der Waals surface area contributed by atoms with Gasteiger partial charge in [0.05, 0.1) is 5.56 Å². The fourth-order valence-electron chi connectivity index (χ4n) is 4.30. The summed E-state index contributed by atoms with van der Waals surface area (Å²) in [4.78, 5) is 36.7. The van der Waals surface area contributed by atoms with Crippen LogP contribution in [0.5, 0.6) is 17.2 Å². The number of hydrogen-bond acceptors (Lipinski definition) is 6. The van der Waals surface area contributed by atoms with Crippen LogP contribution in [0.15, 0.2) is 73.8 Å². The number of carbonyl (C=O) groups excluding carboxylic acids is 3. The Balaban J connectivity index is 1.64. The predicted octanol–water partition coefficient (Wildman–Crippen LogP) is 9.33. The third-order valence-electron chi connectivity index (χ3n) is 6.67. The van der Waals surface area contributed by atoms with Gasteiger partial charge in [-0.15, -0.1) is 13.2 Å². The zero-order chi connectivity index (χ0) is 29.5. The molecule has 6 nitrogen and oxygen atoms in total. The zero-order valence-electron chi connectivity index (χ0n) is 24.5. The first kappa shape index (κ1) is 33.5. The highest BCUT2D eigenvalue weighted by Crippen LogP contribution is 2.21. The Labute approximate surface area is 245 Å². The number of allylic oxidation sites excluding steroid dienone is 2. The fourth-order valence-corrected chi connectivity index (χ4v) is 4.30. The van der Waals surface area contributed by atoms with Gasteiger partial charge in [0.25, 0.3) is 0 Å². The van der Waals surface area contributed by atoms with Gasteiger partial charge in [0.15, 0.2) is 0 Å². The maximum Gasteiger partial charge on any atom is 0.343 e. The Morgan fingerprint density at radius 1 is 0.488 bits per heavy atom. The molecule has 0 amide bonds. The van der Waals surface area contributed by atoms with Crippen molar-refractivity contribution in [3.05, 3.63) is 79.4 Å². The SMILES string of the molecule is C=CCCCCCCCCC(=O)Oc1ccc(OC(=O)c2ccc(OC(=O)CCCCCCCCC=C)cc2)cc1. The van der Waals surface area contributed by atoms with Gasteiger partial charge in [-0.05, 0) is 87.1 Å². The number of carbonyl (C=O) groups is 3. The predicted molar refractivity (Wildman–Crippen MR) is 163 cm³/mol. The van der Waals surface area contributed by atoms with Crippen molar-refractivity contribution in [3.63, 3.8) is 0 Å². The van der Waals surface area contributed by atoms with Crippen molar-refractivity contribution >= 4 is 17.9 Å². The minimum absolute atomic E-state index is 0.267. The summed E-state index contributed by atoms with van der Waals surface area (Å²) in [6, 6.07) is 12.7. The molecule has 0 aromatic heterocycles. The topological polar surface area (TPSA) is 78.9 Å². The van der Waals surface area contributed by atoms with Crippen molar-refractivity contribution in [1.29, 1.82) is 0 Å². The molecule has 0 unspecified atom stereocenters. The van der Waals surface area contributed by atoms with Crippen molar-refractivity contribution in [2.75, 3.05) is 0 Å². The van der Waals surface area contributed by atoms with Crippen molar-refractivity contribution in [3.8, 4) is 17.2 Å². The molecule has 2 aromatic carbocycles. The lowest BCUT2D eigenvalue weighted by molar-refractivity contribution is -0.135. The number of hydrogen-bond donors (Lipinski definition) is 0. The van der Waals surface area contributed by atoms with E-state index in [1.54, 1.807) is 48.5 Å². The van der Waals surface area contributed by atoms with Crippen LogP contribution in [-0.4, -0.2) is 17.9 Å². The first-order chi connectivity index (χ1) is 20.0. The molecule has 2 rings (SSSR count). The number of esters is 3. The van der Waals surface area contributed by atoms with Crippen molar-refractivity contribution in [1.82, 2.24) is 0 Å². The van der Waals surface area contributed by atoms with E-state index in [-0.39, 0.29) is 11.9 Å². The van der Waals surface area contributed by atoms with Gasteiger partial charge in [-0.2, -0.15) is 0 Å². The molecule has 0 bridgehead atoms. The second-order valence-electron chi connectivity index (χ2n) is 10.2. The van der Waals surface area contributed by atoms with E-state index in [9.17, 15) is 14.4 Å². The molecular formula is C35H46O6. The minimum atomic E-state index is -0.537. The summed E-state index contributed by atoms with van der Waals surface area (Å²) in [5.74, 6) is 0.0621. The fraction of sp³-hybridized carbons (Fsp3) is 0.457. The molecule has 0 fully saturated rings. The Bertz CT molecular complexity index is 1060. The summed E-state index contributed by atoms with van der Waals surface area (Å²) in [6.45, 7) is 7.46. The summed E-state index contributed by atoms with van der Waals surface area (Å²) >= 11 is 0. The molecule has 0 N–H and O–H groups in total. The quantitative estimate of drug-likeness (QED) is 0.0616. The summed E-state index contributed by atoms with van der Waals surface area (Å²) in [5.41, 5.74) is 0.331. The molecule has 0 heterocycles. The van der Waals surface area contributed by atoms with E-state index in [0.717, 1.165) is 51.4 Å². The third-order valence-corrected chi connectivity index (χ3v) is 6.67. The molecule has 0 aliphatic heterocycles. The monoisotopic (exact) mass is 562 g/mol. The molecule has 0 aliphatic carbocycles. The van der Waals surface area contributed by atoms with Crippen LogP contribution >= 0.6 is 0 Å². The Kier molecular flexibility index (Phi) is 17.3. The molecule has 0 atom stereocenters. The van der Waals surface area contributed by atoms with Gasteiger partial charge < -0.3 is 14.2 Å². The minimum Gasteiger partial charge on any atom is -0.427 e. The number of ether oxygens (including phenoxy) is 3. The van der Waals surface area contributed by atoms with Crippen molar-refractivity contribution in [2.45, 2.75) is 103 Å². The van der Waals surface area contributed by atoms with E-state index in [1.165, 1.54) is 38.5 Å². The van der Waals surface area contributed by atoms with Crippen LogP contribution in [0.3, 0.4) is 0 Å². The normalized spacial score (nSPS) is 10.5. The molecule has 0 aliphatic rings. The van der Waals surface area contributed by atoms with Gasteiger partial charge in [-0.1, -0.05) is 63.5 Å². The van der Waals surface area contributed by atoms with Gasteiger partial charge >= 0.3 is 17.9 Å². The van der Waals surface area contributed by atoms with E-state index in [2.05, 4.69) is 13.2 Å². The number of rotatable bonds is 22. The zero-order valence-corrected chi connectivity index (χ0v) is 24.5. The van der Waals surface area contributed by atoms with E-state index in [0.29, 0.717) is 35.7 Å². The van der Waals surface area contributed by atoms with Crippen LogP contribution in [0.2, 0.25) is 0 Å². The highest BCUT2D eigenvalue weighted by molar-refractivity contribution is 5.91. The average molecular weight is 563 g/mol. The lowest BCUT2D eigenvalue weighted by Gasteiger charge is -2.08. The average Bonchev–Trinajstić information content (AvgIpc) is 2.97. The molecule has 0 spiro atoms. The van der Waals surface area contributed by atoms with Gasteiger partial charge in [-0.3, -0.25) is 9.59 Å². The van der Waals surface area contributed by atoms with Crippen molar-refractivity contribution < 1.29 is 28.6 Å². The second kappa shape index (κ2) is 21.1. The number of benzene rings is 2. The molecule has 222 valence electrons. The molecule has 0 saturated carbocycles. The van der Waals surface area contributed by atoms with Crippen LogP contribution in [0.1, 0.15) is 113 Å². The second-order valence-corrected chi connectivity index (χ2v) is 10.2. The van der Waals surface area contributed by atoms with Gasteiger partial charge in [0.1, 0.15) is 17.2 Å². The maximum absolute atomic E-state index is 12.5. The molecule has 0 saturated heterocycles. The summed E-state index contributed by atoms with van der Waals surface area (Å²) in [6.07, 6.45) is 19.8. The highest BCUT2D eigenvalue weighted by Gasteiger charge is 2.11. The van der Waals surface area contributed by atoms with Gasteiger partial charge in [-0.25, -0.2) is 4.79 Å². The standard InChI is InChI=1S/C35H46O6/c1-3-5-7-9-11-13-15-17-19-33(36)39-30-23-21-29(22-24-30)35(38)41-32-27-25-31(26-28-32)40-34(37)20-18-16-14-12-10-8-6-4-2/h3-4,21-28H,1-2,5-20H2. The summed E-state index contributed by atoms with van der Waals surface area (Å²) in [5, 5.41) is 0. The summed E-state index contributed by atoms with van der Waals surface area (Å²) < 4.78 is 16.2. The Morgan fingerprint density at radius 2 is 0.829 bits per heavy atom. The van der Waals surface area contributed by atoms with E-state index < -0.39 is 5.97 Å². The van der Waals surface area contributed by atoms with E-state index in [4.69, 9.17) is 14.2 Å². The van der Waals surface area contributed by atoms with Crippen LogP contribution in [0, 0.1) is 0 Å². The van der Waals surface area contributed by atoms with Crippen LogP contribution in [0.4, 0.5) is 0 Å². The highest BCUT2D eigenvalue weighted by atomic mass is 16.5. The third kappa shape index (κ3) is 15.6. The number of unbranched alkanes of at least 4 members (excludes halogenated alkanes) is 12. The molecule has 2 aromatic rings. The van der Waals surface area contributed by atoms with Crippen LogP contribution in [0.25, 0.3) is 0 Å². The molecule has 41 heavy (non-hydrogen) atoms. The summed E-state index contributed by atoms with van der Waals surface area (Å²) in [7, 11) is 0. The van der Waals surface area contributed by atoms with Crippen molar-refractivity contribution in [2.24, 2.45) is 0 Å². The van der Waals surface area contributed by atoms with Gasteiger partial charge in [0, 0.05) is 12.8 Å². The van der Waals surface area contributed by atoms with Gasteiger partial charge in [0.2, 0.25) is 0 Å². The lowest BCUT2D eigenvalue weighted by atomic mass is 10.1.